The molecule has 0 aliphatic heterocycles. The number of allylic oxidation sites excluding steroid dienone is 1. The Hall–Kier alpha value is -1.34. The maximum atomic E-state index is 2.64. The largest absolute Gasteiger partial charge is 0.164 e. The minimum atomic E-state index is 0. The summed E-state index contributed by atoms with van der Waals surface area (Å²) in [7, 11) is 0. The first-order valence-corrected chi connectivity index (χ1v) is 17.8. The summed E-state index contributed by atoms with van der Waals surface area (Å²) >= 11 is 0. The zero-order valence-corrected chi connectivity index (χ0v) is 35.6. The normalized spacial score (nSPS) is 17.2. The van der Waals surface area contributed by atoms with Gasteiger partial charge in [0.25, 0.3) is 0 Å². The molecule has 45 heavy (non-hydrogen) atoms. The molecular formula is C44H65Hf-. The molecule has 0 amide bonds. The summed E-state index contributed by atoms with van der Waals surface area (Å²) in [6, 6.07) is 12.4. The number of benzene rings is 2. The van der Waals surface area contributed by atoms with Crippen LogP contribution in [0.3, 0.4) is 0 Å². The van der Waals surface area contributed by atoms with Gasteiger partial charge >= 0.3 is 0 Å². The topological polar surface area (TPSA) is 0 Å². The van der Waals surface area contributed by atoms with Gasteiger partial charge in [0.15, 0.2) is 0 Å². The number of hydrogen-bond acceptors (Lipinski definition) is 0. The molecule has 3 atom stereocenters. The molecular weight excluding hydrogens is 707 g/mol. The minimum absolute atomic E-state index is 0. The van der Waals surface area contributed by atoms with Gasteiger partial charge in [-0.1, -0.05) is 159 Å². The van der Waals surface area contributed by atoms with Crippen LogP contribution in [-0.4, -0.2) is 0 Å². The van der Waals surface area contributed by atoms with Crippen LogP contribution in [0.25, 0.3) is 16.8 Å². The quantitative estimate of drug-likeness (QED) is 0.166. The van der Waals surface area contributed by atoms with E-state index in [9.17, 15) is 0 Å². The Morgan fingerprint density at radius 3 is 1.60 bits per heavy atom. The van der Waals surface area contributed by atoms with Gasteiger partial charge in [-0.05, 0) is 68.6 Å². The second kappa shape index (κ2) is 13.3. The monoisotopic (exact) mass is 773 g/mol. The van der Waals surface area contributed by atoms with Gasteiger partial charge in [-0.25, -0.2) is 0 Å². The Morgan fingerprint density at radius 1 is 0.644 bits per heavy atom. The van der Waals surface area contributed by atoms with Crippen LogP contribution in [0.5, 0.6) is 0 Å². The average Bonchev–Trinajstić information content (AvgIpc) is 3.46. The first-order valence-electron chi connectivity index (χ1n) is 17.8. The Labute approximate surface area is 297 Å². The van der Waals surface area contributed by atoms with Crippen molar-refractivity contribution in [1.29, 1.82) is 0 Å². The van der Waals surface area contributed by atoms with Gasteiger partial charge in [0.1, 0.15) is 0 Å². The molecule has 0 N–H and O–H groups in total. The van der Waals surface area contributed by atoms with Crippen molar-refractivity contribution in [2.75, 3.05) is 0 Å². The minimum Gasteiger partial charge on any atom is -0.164 e. The standard InChI is InChI=1S/C44H65.Hf/c1-17-27(3)31-25-33-35(41(5,6)7)21-23-37(43(11,12)13)39(33)29(31)19-20-30-32(28(4)18-2)26-34-36(42(8,9)10)22-24-38(40(30)34)44(14,15)16;/h21-29H,17-20H2,1-16H3;/q-1;. The third-order valence-corrected chi connectivity index (χ3v) is 10.8. The second-order valence-corrected chi connectivity index (χ2v) is 18.4. The van der Waals surface area contributed by atoms with E-state index in [-0.39, 0.29) is 47.5 Å². The Kier molecular flexibility index (Phi) is 11.2. The fourth-order valence-electron chi connectivity index (χ4n) is 7.92. The van der Waals surface area contributed by atoms with E-state index in [0.717, 1.165) is 6.42 Å². The summed E-state index contributed by atoms with van der Waals surface area (Å²) in [6.45, 7) is 38.4. The summed E-state index contributed by atoms with van der Waals surface area (Å²) in [5.74, 6) is 1.60. The first-order chi connectivity index (χ1) is 20.1. The van der Waals surface area contributed by atoms with Crippen molar-refractivity contribution in [2.24, 2.45) is 5.92 Å². The van der Waals surface area contributed by atoms with Crippen LogP contribution in [0.4, 0.5) is 0 Å². The van der Waals surface area contributed by atoms with Gasteiger partial charge in [0, 0.05) is 31.8 Å². The van der Waals surface area contributed by atoms with Gasteiger partial charge in [0.2, 0.25) is 0 Å². The van der Waals surface area contributed by atoms with E-state index in [4.69, 9.17) is 0 Å². The van der Waals surface area contributed by atoms with Crippen LogP contribution >= 0.6 is 0 Å². The fourth-order valence-corrected chi connectivity index (χ4v) is 7.92. The van der Waals surface area contributed by atoms with Crippen LogP contribution in [0, 0.1) is 5.92 Å². The van der Waals surface area contributed by atoms with E-state index in [2.05, 4.69) is 147 Å². The van der Waals surface area contributed by atoms with Crippen molar-refractivity contribution in [2.45, 2.75) is 170 Å². The molecule has 1 aliphatic carbocycles. The molecule has 3 aromatic rings. The second-order valence-electron chi connectivity index (χ2n) is 18.4. The maximum absolute atomic E-state index is 2.64. The Bertz CT molecular complexity index is 1530. The molecule has 3 unspecified atom stereocenters. The summed E-state index contributed by atoms with van der Waals surface area (Å²) in [5, 5.41) is 3.07. The summed E-state index contributed by atoms with van der Waals surface area (Å²) in [5.41, 5.74) is 14.5. The molecule has 4 rings (SSSR count). The first kappa shape index (κ1) is 38.1. The smallest absolute Gasteiger partial charge is 0.00589 e. The van der Waals surface area contributed by atoms with Crippen molar-refractivity contribution in [3.63, 3.8) is 0 Å². The predicted octanol–water partition coefficient (Wildman–Crippen LogP) is 13.4. The van der Waals surface area contributed by atoms with Crippen molar-refractivity contribution in [3.05, 3.63) is 80.4 Å². The van der Waals surface area contributed by atoms with Gasteiger partial charge in [0.05, 0.1) is 0 Å². The molecule has 3 aromatic carbocycles. The van der Waals surface area contributed by atoms with E-state index < -0.39 is 0 Å². The number of aryl methyl sites for hydroxylation is 1. The summed E-state index contributed by atoms with van der Waals surface area (Å²) in [4.78, 5) is 0. The zero-order valence-electron chi connectivity index (χ0n) is 32.0. The predicted molar refractivity (Wildman–Crippen MR) is 198 cm³/mol. The maximum Gasteiger partial charge on any atom is 0.00589 e. The summed E-state index contributed by atoms with van der Waals surface area (Å²) < 4.78 is 0. The molecule has 0 heterocycles. The van der Waals surface area contributed by atoms with Crippen molar-refractivity contribution < 1.29 is 25.8 Å². The van der Waals surface area contributed by atoms with Gasteiger partial charge in [-0.15, -0.1) is 33.5 Å². The number of hydrogen-bond donors (Lipinski definition) is 0. The molecule has 0 radical (unpaired) electrons. The van der Waals surface area contributed by atoms with Gasteiger partial charge < -0.3 is 0 Å². The Balaban J connectivity index is 0.00000552. The van der Waals surface area contributed by atoms with Crippen LogP contribution in [-0.2, 0) is 53.9 Å². The van der Waals surface area contributed by atoms with Gasteiger partial charge in [-0.3, -0.25) is 0 Å². The molecule has 0 nitrogen and oxygen atoms in total. The molecule has 0 fully saturated rings. The van der Waals surface area contributed by atoms with Crippen LogP contribution < -0.4 is 0 Å². The summed E-state index contributed by atoms with van der Waals surface area (Å²) in [6.07, 6.45) is 7.30. The van der Waals surface area contributed by atoms with Gasteiger partial charge in [-0.2, -0.15) is 6.07 Å². The van der Waals surface area contributed by atoms with Crippen LogP contribution in [0.2, 0.25) is 0 Å². The van der Waals surface area contributed by atoms with Crippen molar-refractivity contribution in [1.82, 2.24) is 0 Å². The molecule has 0 spiro atoms. The fraction of sp³-hybridized carbons (Fsp3) is 0.614. The van der Waals surface area contributed by atoms with Crippen LogP contribution in [0.15, 0.2) is 35.9 Å². The van der Waals surface area contributed by atoms with E-state index in [1.165, 1.54) is 46.9 Å². The molecule has 1 aliphatic rings. The average molecular weight is 772 g/mol. The molecule has 246 valence electrons. The molecule has 0 saturated carbocycles. The molecule has 0 saturated heterocycles. The molecule has 0 aromatic heterocycles. The third kappa shape index (κ3) is 7.39. The molecule has 1 heteroatoms. The third-order valence-electron chi connectivity index (χ3n) is 10.8. The van der Waals surface area contributed by atoms with Crippen molar-refractivity contribution >= 4 is 16.8 Å². The van der Waals surface area contributed by atoms with Crippen molar-refractivity contribution in [3.8, 4) is 0 Å². The van der Waals surface area contributed by atoms with Crippen LogP contribution in [0.1, 0.15) is 186 Å². The molecule has 0 bridgehead atoms. The van der Waals surface area contributed by atoms with E-state index in [0.29, 0.717) is 17.8 Å². The SMILES string of the molecule is CCC(C)C1=Cc2c(C(C)(C)C)ccc(C(C)(C)C)c2C1CC[c-]1c(C(C)CC)cc2c(C(C)(C)C)ccc(C(C)(C)C)c21.[Hf]. The zero-order chi connectivity index (χ0) is 33.2. The number of fused-ring (bicyclic) bond motifs is 2. The van der Waals surface area contributed by atoms with E-state index in [1.807, 2.05) is 0 Å². The number of rotatable bonds is 7. The van der Waals surface area contributed by atoms with E-state index in [1.54, 1.807) is 33.2 Å². The Morgan fingerprint density at radius 2 is 1.11 bits per heavy atom. The van der Waals surface area contributed by atoms with E-state index >= 15 is 0 Å².